The number of rotatable bonds is 10. The van der Waals surface area contributed by atoms with E-state index in [9.17, 15) is 0 Å². The molecule has 1 saturated heterocycles. The van der Waals surface area contributed by atoms with Gasteiger partial charge in [-0.05, 0) is 32.6 Å². The summed E-state index contributed by atoms with van der Waals surface area (Å²) in [5, 5.41) is 3.43. The second kappa shape index (κ2) is 10.7. The molecular formula is C14H32B3N3O. The van der Waals surface area contributed by atoms with Gasteiger partial charge in [0.25, 0.3) is 6.98 Å². The van der Waals surface area contributed by atoms with Crippen molar-refractivity contribution in [3.05, 3.63) is 0 Å². The van der Waals surface area contributed by atoms with Crippen molar-refractivity contribution in [3.63, 3.8) is 0 Å². The lowest BCUT2D eigenvalue weighted by atomic mass is 9.59. The minimum absolute atomic E-state index is 0.247. The normalized spacial score (nSPS) is 20.0. The fourth-order valence-corrected chi connectivity index (χ4v) is 2.83. The molecule has 0 aromatic carbocycles. The summed E-state index contributed by atoms with van der Waals surface area (Å²) < 4.78 is 2.20. The molecule has 0 aromatic heterocycles. The molecule has 0 aliphatic carbocycles. The van der Waals surface area contributed by atoms with Crippen molar-refractivity contribution in [3.8, 4) is 0 Å². The first-order chi connectivity index (χ1) is 10.1. The largest absolute Gasteiger partial charge is 0.373 e. The summed E-state index contributed by atoms with van der Waals surface area (Å²) in [6.45, 7) is 9.32. The van der Waals surface area contributed by atoms with Gasteiger partial charge in [0.1, 0.15) is 0 Å². The van der Waals surface area contributed by atoms with Gasteiger partial charge in [0.15, 0.2) is 0 Å². The molecule has 2 radical (unpaired) electrons. The van der Waals surface area contributed by atoms with Crippen LogP contribution in [-0.2, 0) is 4.84 Å². The Bertz CT molecular complexity index is 274. The summed E-state index contributed by atoms with van der Waals surface area (Å²) in [5.74, 6) is 0.634. The van der Waals surface area contributed by atoms with E-state index >= 15 is 0 Å². The molecule has 1 fully saturated rings. The van der Waals surface area contributed by atoms with Crippen LogP contribution in [0.1, 0.15) is 66.2 Å². The lowest BCUT2D eigenvalue weighted by Gasteiger charge is -2.38. The highest BCUT2D eigenvalue weighted by Gasteiger charge is 2.31. The molecule has 0 amide bonds. The first-order valence-corrected chi connectivity index (χ1v) is 8.73. The average Bonchev–Trinajstić information content (AvgIpc) is 2.47. The molecule has 1 aliphatic heterocycles. The minimum atomic E-state index is 0.247. The summed E-state index contributed by atoms with van der Waals surface area (Å²) in [6.07, 6.45) is 8.87. The number of hydrogen-bond acceptors (Lipinski definition) is 4. The van der Waals surface area contributed by atoms with Crippen LogP contribution >= 0.6 is 0 Å². The Balaban J connectivity index is 2.35. The third-order valence-corrected chi connectivity index (χ3v) is 4.42. The number of hydrogen-bond donors (Lipinski definition) is 1. The molecule has 2 unspecified atom stereocenters. The molecule has 4 nitrogen and oxygen atoms in total. The first-order valence-electron chi connectivity index (χ1n) is 8.73. The van der Waals surface area contributed by atoms with Gasteiger partial charge < -0.3 is 14.7 Å². The smallest absolute Gasteiger partial charge is 0.317 e. The minimum Gasteiger partial charge on any atom is -0.373 e. The van der Waals surface area contributed by atoms with Gasteiger partial charge in [-0.1, -0.05) is 52.9 Å². The second-order valence-electron chi connectivity index (χ2n) is 6.22. The van der Waals surface area contributed by atoms with E-state index in [0.717, 1.165) is 6.32 Å². The zero-order chi connectivity index (χ0) is 15.7. The number of nitrogens with zero attached hydrogens (tertiary/aromatic N) is 2. The van der Waals surface area contributed by atoms with Crippen LogP contribution in [0.4, 0.5) is 0 Å². The van der Waals surface area contributed by atoms with Crippen molar-refractivity contribution in [1.82, 2.24) is 14.7 Å². The summed E-state index contributed by atoms with van der Waals surface area (Å²) in [6, 6.07) is 0. The molecule has 21 heavy (non-hydrogen) atoms. The molecule has 0 aromatic rings. The van der Waals surface area contributed by atoms with E-state index in [-0.39, 0.29) is 6.10 Å². The van der Waals surface area contributed by atoms with Crippen molar-refractivity contribution < 1.29 is 4.84 Å². The van der Waals surface area contributed by atoms with Crippen LogP contribution in [0.2, 0.25) is 6.32 Å². The Morgan fingerprint density at radius 1 is 1.19 bits per heavy atom. The van der Waals surface area contributed by atoms with Gasteiger partial charge in [-0.2, -0.15) is 0 Å². The predicted octanol–water partition coefficient (Wildman–Crippen LogP) is 2.72. The van der Waals surface area contributed by atoms with Crippen LogP contribution in [0, 0.1) is 5.92 Å². The van der Waals surface area contributed by atoms with Crippen molar-refractivity contribution >= 4 is 22.1 Å². The zero-order valence-corrected chi connectivity index (χ0v) is 14.6. The summed E-state index contributed by atoms with van der Waals surface area (Å²) >= 11 is 0. The van der Waals surface area contributed by atoms with Crippen LogP contribution in [0.25, 0.3) is 0 Å². The van der Waals surface area contributed by atoms with Gasteiger partial charge in [-0.25, -0.2) is 4.89 Å². The van der Waals surface area contributed by atoms with E-state index < -0.39 is 0 Å². The Kier molecular flexibility index (Phi) is 9.73. The number of unbranched alkanes of at least 4 members (excludes halogenated alkanes) is 2. The molecule has 1 N–H and O–H groups in total. The fraction of sp³-hybridized carbons (Fsp3) is 1.00. The Labute approximate surface area is 134 Å². The molecule has 1 rings (SSSR count). The molecule has 0 saturated carbocycles. The molecule has 118 valence electrons. The van der Waals surface area contributed by atoms with Crippen molar-refractivity contribution in [1.29, 1.82) is 0 Å². The standard InChI is InChI=1S/C14H32B3N3O/c1-6-9-11-14(8-3)13(4)21-20-15-18-17(12-10-7-2)19(5)16-20/h13-14,18H,6-12H2,1-5H3. The van der Waals surface area contributed by atoms with Crippen molar-refractivity contribution in [2.24, 2.45) is 5.92 Å². The van der Waals surface area contributed by atoms with E-state index in [4.69, 9.17) is 4.84 Å². The zero-order valence-electron chi connectivity index (χ0n) is 14.6. The van der Waals surface area contributed by atoms with Gasteiger partial charge in [-0.15, -0.1) is 0 Å². The van der Waals surface area contributed by atoms with Gasteiger partial charge in [0.2, 0.25) is 0 Å². The molecule has 1 aliphatic rings. The maximum Gasteiger partial charge on any atom is 0.317 e. The molecule has 0 spiro atoms. The highest BCUT2D eigenvalue weighted by Crippen LogP contribution is 2.20. The van der Waals surface area contributed by atoms with Crippen molar-refractivity contribution in [2.45, 2.75) is 78.6 Å². The molecule has 0 bridgehead atoms. The lowest BCUT2D eigenvalue weighted by molar-refractivity contribution is -0.102. The van der Waals surface area contributed by atoms with E-state index in [1.165, 1.54) is 38.5 Å². The predicted molar refractivity (Wildman–Crippen MR) is 93.6 cm³/mol. The fourth-order valence-electron chi connectivity index (χ4n) is 2.83. The molecular weight excluding hydrogens is 259 g/mol. The Morgan fingerprint density at radius 3 is 2.48 bits per heavy atom. The molecule has 2 atom stereocenters. The quantitative estimate of drug-likeness (QED) is 0.626. The van der Waals surface area contributed by atoms with E-state index in [1.807, 2.05) is 12.4 Å². The van der Waals surface area contributed by atoms with Crippen LogP contribution in [0.5, 0.6) is 0 Å². The van der Waals surface area contributed by atoms with Crippen LogP contribution in [0.15, 0.2) is 0 Å². The highest BCUT2D eigenvalue weighted by atomic mass is 16.7. The Hall–Kier alpha value is 0.0348. The maximum absolute atomic E-state index is 6.08. The maximum atomic E-state index is 6.08. The monoisotopic (exact) mass is 291 g/mol. The topological polar surface area (TPSA) is 27.7 Å². The van der Waals surface area contributed by atoms with Gasteiger partial charge in [0, 0.05) is 0 Å². The van der Waals surface area contributed by atoms with E-state index in [2.05, 4.69) is 52.2 Å². The second-order valence-corrected chi connectivity index (χ2v) is 6.22. The van der Waals surface area contributed by atoms with Crippen LogP contribution < -0.4 is 5.14 Å². The Morgan fingerprint density at radius 2 is 1.90 bits per heavy atom. The van der Waals surface area contributed by atoms with Gasteiger partial charge in [0.05, 0.1) is 6.10 Å². The lowest BCUT2D eigenvalue weighted by Crippen LogP contribution is -2.65. The van der Waals surface area contributed by atoms with Gasteiger partial charge in [-0.3, -0.25) is 0 Å². The first kappa shape index (κ1) is 19.1. The highest BCUT2D eigenvalue weighted by molar-refractivity contribution is 6.74. The molecule has 7 heteroatoms. The number of nitrogens with one attached hydrogen (secondary N) is 1. The third kappa shape index (κ3) is 6.77. The summed E-state index contributed by atoms with van der Waals surface area (Å²) in [5.41, 5.74) is 0. The van der Waals surface area contributed by atoms with Gasteiger partial charge >= 0.3 is 15.1 Å². The van der Waals surface area contributed by atoms with E-state index in [0.29, 0.717) is 12.9 Å². The van der Waals surface area contributed by atoms with Crippen LogP contribution in [-0.4, -0.2) is 44.8 Å². The summed E-state index contributed by atoms with van der Waals surface area (Å²) in [4.78, 5) is 7.92. The molecule has 1 heterocycles. The van der Waals surface area contributed by atoms with Crippen LogP contribution in [0.3, 0.4) is 0 Å². The SMILES string of the molecule is CCCCB1N[B]N(OC(C)C(CC)CCCC)[B]N1C. The van der Waals surface area contributed by atoms with Crippen molar-refractivity contribution in [2.75, 3.05) is 7.05 Å². The third-order valence-electron chi connectivity index (χ3n) is 4.42. The average molecular weight is 291 g/mol. The van der Waals surface area contributed by atoms with E-state index in [1.54, 1.807) is 0 Å². The summed E-state index contributed by atoms with van der Waals surface area (Å²) in [7, 11) is 6.12.